The monoisotopic (exact) mass is 806 g/mol. The Morgan fingerprint density at radius 3 is 1.17 bits per heavy atom. The number of fused-ring (bicyclic) bond motifs is 2. The molecule has 2 unspecified atom stereocenters. The molecule has 0 saturated carbocycles. The van der Waals surface area contributed by atoms with Crippen molar-refractivity contribution in [1.82, 2.24) is 0 Å². The van der Waals surface area contributed by atoms with Crippen LogP contribution < -0.4 is 22.1 Å². The van der Waals surface area contributed by atoms with Gasteiger partial charge in [-0.3, -0.25) is 0 Å². The zero-order chi connectivity index (χ0) is 33.9. The number of benzene rings is 6. The number of nitrogens with two attached hydrogens (primary N) is 2. The fraction of sp³-hybridized carbons (Fsp3) is 0.179. The van der Waals surface area contributed by atoms with Gasteiger partial charge in [0.15, 0.2) is 0 Å². The van der Waals surface area contributed by atoms with E-state index in [9.17, 15) is 0 Å². The van der Waals surface area contributed by atoms with Gasteiger partial charge in [-0.2, -0.15) is 12.6 Å². The summed E-state index contributed by atoms with van der Waals surface area (Å²) in [5, 5.41) is 8.42. The molecule has 0 aliphatic carbocycles. The zero-order valence-electron chi connectivity index (χ0n) is 27.1. The molecule has 2 atom stereocenters. The first-order valence-electron chi connectivity index (χ1n) is 15.5. The van der Waals surface area contributed by atoms with Gasteiger partial charge in [-0.1, -0.05) is 121 Å². The van der Waals surface area contributed by atoms with Crippen molar-refractivity contribution >= 4 is 80.0 Å². The summed E-state index contributed by atoms with van der Waals surface area (Å²) in [5.74, 6) is 0. The fourth-order valence-corrected chi connectivity index (χ4v) is 9.23. The van der Waals surface area contributed by atoms with Crippen molar-refractivity contribution in [1.29, 1.82) is 0 Å². The summed E-state index contributed by atoms with van der Waals surface area (Å²) in [4.78, 5) is 0. The standard InChI is InChI=1S/C25H26P2S.C14H16N2.2ClH.Ru/c1-26(2)21-15-13-17-9-5-7-11-19(17)23(21)25(28)24-20-12-8-6-10-18(20)14-16-22(24)27(3)4;15-13(11-7-3-1-4-8-11)14(16)12-9-5-2-6-10-12;;;/h5-16,25,28H,1-4H3;1-10,13-14H,15-16H2;2*1H;/q;;;;+4. The predicted molar refractivity (Wildman–Crippen MR) is 217 cm³/mol. The zero-order valence-corrected chi connectivity index (χ0v) is 33.3. The Hall–Kier alpha value is -1.83. The SMILES string of the molecule is C[PH+](C)c1ccc2ccccc2c1C(S)c1c([PH+](C)C)ccc2ccccc12.NC(c1ccccc1)C(N)c1ccccc1.[Cl][Ru+2][Cl]. The molecule has 4 N–H and O–H groups in total. The van der Waals surface area contributed by atoms with E-state index in [2.05, 4.69) is 99.5 Å². The van der Waals surface area contributed by atoms with Crippen LogP contribution in [-0.2, 0) is 15.1 Å². The van der Waals surface area contributed by atoms with Gasteiger partial charge in [-0.15, -0.1) is 0 Å². The Bertz CT molecular complexity index is 1720. The molecule has 6 rings (SSSR count). The van der Waals surface area contributed by atoms with Crippen LogP contribution in [0.25, 0.3) is 21.5 Å². The molecule has 0 radical (unpaired) electrons. The van der Waals surface area contributed by atoms with Crippen LogP contribution in [0.15, 0.2) is 133 Å². The molecule has 2 nitrogen and oxygen atoms in total. The second kappa shape index (κ2) is 18.8. The average Bonchev–Trinajstić information content (AvgIpc) is 3.11. The van der Waals surface area contributed by atoms with Crippen molar-refractivity contribution in [2.45, 2.75) is 17.3 Å². The Kier molecular flexibility index (Phi) is 15.2. The van der Waals surface area contributed by atoms with E-state index in [4.69, 9.17) is 43.5 Å². The minimum absolute atomic E-state index is 0.0852. The van der Waals surface area contributed by atoms with E-state index in [-0.39, 0.29) is 32.5 Å². The fourth-order valence-electron chi connectivity index (χ4n) is 5.96. The van der Waals surface area contributed by atoms with Crippen LogP contribution in [0.3, 0.4) is 0 Å². The molecule has 0 aliphatic rings. The molecule has 0 amide bonds. The van der Waals surface area contributed by atoms with Gasteiger partial charge in [-0.05, 0) is 44.8 Å². The first kappa shape index (κ1) is 38.0. The molecule has 0 saturated heterocycles. The van der Waals surface area contributed by atoms with Gasteiger partial charge in [0.1, 0.15) is 0 Å². The summed E-state index contributed by atoms with van der Waals surface area (Å²) in [6.45, 7) is 9.55. The van der Waals surface area contributed by atoms with E-state index >= 15 is 0 Å². The topological polar surface area (TPSA) is 52.0 Å². The summed E-state index contributed by atoms with van der Waals surface area (Å²) >= 11 is 4.98. The Labute approximate surface area is 304 Å². The first-order valence-corrected chi connectivity index (χ1v) is 25.5. The van der Waals surface area contributed by atoms with E-state index in [0.717, 1.165) is 11.1 Å². The Morgan fingerprint density at radius 2 is 0.830 bits per heavy atom. The van der Waals surface area contributed by atoms with Crippen LogP contribution in [0, 0.1) is 0 Å². The molecule has 0 aliphatic heterocycles. The second-order valence-electron chi connectivity index (χ2n) is 11.8. The van der Waals surface area contributed by atoms with Crippen LogP contribution in [0.1, 0.15) is 39.6 Å². The Balaban J connectivity index is 0.000000223. The molecule has 0 aromatic heterocycles. The van der Waals surface area contributed by atoms with Crippen LogP contribution in [0.2, 0.25) is 0 Å². The van der Waals surface area contributed by atoms with Gasteiger partial charge < -0.3 is 11.5 Å². The number of hydrogen-bond donors (Lipinski definition) is 3. The number of thiol groups is 1. The number of hydrogen-bond acceptors (Lipinski definition) is 3. The molecule has 0 spiro atoms. The number of halogens is 2. The van der Waals surface area contributed by atoms with Crippen LogP contribution >= 0.6 is 47.9 Å². The third-order valence-corrected chi connectivity index (χ3v) is 11.9. The summed E-state index contributed by atoms with van der Waals surface area (Å²) in [7, 11) is 8.49. The molecular weight excluding hydrogens is 762 g/mol. The molecule has 47 heavy (non-hydrogen) atoms. The summed E-state index contributed by atoms with van der Waals surface area (Å²) in [6, 6.07) is 46.4. The molecule has 0 bridgehead atoms. The quantitative estimate of drug-likeness (QED) is 0.0856. The van der Waals surface area contributed by atoms with E-state index in [1.807, 2.05) is 60.7 Å². The van der Waals surface area contributed by atoms with Crippen molar-refractivity contribution in [3.05, 3.63) is 156 Å². The van der Waals surface area contributed by atoms with E-state index in [1.165, 1.54) is 43.3 Å². The first-order chi connectivity index (χ1) is 22.7. The second-order valence-corrected chi connectivity index (χ2v) is 20.1. The maximum absolute atomic E-state index is 6.15. The van der Waals surface area contributed by atoms with Crippen molar-refractivity contribution in [2.75, 3.05) is 26.7 Å². The van der Waals surface area contributed by atoms with Crippen molar-refractivity contribution < 1.29 is 15.1 Å². The van der Waals surface area contributed by atoms with Crippen LogP contribution in [0.5, 0.6) is 0 Å². The van der Waals surface area contributed by atoms with E-state index in [1.54, 1.807) is 0 Å². The maximum atomic E-state index is 6.15. The molecule has 6 aromatic carbocycles. The van der Waals surface area contributed by atoms with Gasteiger partial charge in [-0.25, -0.2) is 0 Å². The van der Waals surface area contributed by atoms with Gasteiger partial charge in [0.25, 0.3) is 0 Å². The van der Waals surface area contributed by atoms with E-state index < -0.39 is 15.8 Å². The third kappa shape index (κ3) is 9.66. The summed E-state index contributed by atoms with van der Waals surface area (Å²) in [5.41, 5.74) is 17.3. The molecule has 6 aromatic rings. The van der Waals surface area contributed by atoms with Gasteiger partial charge >= 0.3 is 34.5 Å². The van der Waals surface area contributed by atoms with Crippen molar-refractivity contribution in [3.63, 3.8) is 0 Å². The van der Waals surface area contributed by atoms with Gasteiger partial charge in [0, 0.05) is 39.1 Å². The number of rotatable bonds is 7. The Morgan fingerprint density at radius 1 is 0.511 bits per heavy atom. The van der Waals surface area contributed by atoms with Crippen molar-refractivity contribution in [3.8, 4) is 0 Å². The third-order valence-electron chi connectivity index (χ3n) is 8.32. The van der Waals surface area contributed by atoms with Crippen LogP contribution in [-0.4, -0.2) is 26.7 Å². The molecule has 8 heteroatoms. The molecule has 0 heterocycles. The predicted octanol–water partition coefficient (Wildman–Crippen LogP) is 9.97. The summed E-state index contributed by atoms with van der Waals surface area (Å²) in [6.07, 6.45) is 0. The van der Waals surface area contributed by atoms with Crippen molar-refractivity contribution in [2.24, 2.45) is 11.5 Å². The normalized spacial score (nSPS) is 12.4. The average molecular weight is 807 g/mol. The molecule has 244 valence electrons. The molecular formula is C39H44Cl2N2P2RuS+4. The molecule has 0 fully saturated rings. The van der Waals surface area contributed by atoms with E-state index in [0.29, 0.717) is 0 Å². The minimum atomic E-state index is -0.610. The van der Waals surface area contributed by atoms with Crippen LogP contribution in [0.4, 0.5) is 0 Å². The van der Waals surface area contributed by atoms with Gasteiger partial charge in [0.05, 0.1) is 42.5 Å². The van der Waals surface area contributed by atoms with Gasteiger partial charge in [0.2, 0.25) is 0 Å². The summed E-state index contributed by atoms with van der Waals surface area (Å²) < 4.78 is 0.